The summed E-state index contributed by atoms with van der Waals surface area (Å²) in [4.78, 5) is 0. The van der Waals surface area contributed by atoms with E-state index in [0.717, 1.165) is 0 Å². The Morgan fingerprint density at radius 3 is 1.00 bits per heavy atom. The summed E-state index contributed by atoms with van der Waals surface area (Å²) in [5.74, 6) is -1.26. The van der Waals surface area contributed by atoms with Crippen molar-refractivity contribution in [1.82, 2.24) is 0 Å². The van der Waals surface area contributed by atoms with E-state index in [-0.39, 0.29) is 59.1 Å². The van der Waals surface area contributed by atoms with E-state index in [9.17, 15) is 10.2 Å². The van der Waals surface area contributed by atoms with Crippen LogP contribution in [0.25, 0.3) is 0 Å². The smallest absolute Gasteiger partial charge is 0.859 e. The zero-order valence-corrected chi connectivity index (χ0v) is 15.6. The molecule has 0 heterocycles. The van der Waals surface area contributed by atoms with Crippen molar-refractivity contribution in [3.63, 3.8) is 0 Å². The third-order valence-corrected chi connectivity index (χ3v) is 2.07. The first-order valence-corrected chi connectivity index (χ1v) is 5.23. The minimum atomic E-state index is -0.629. The topological polar surface area (TPSA) is 93.8 Å². The van der Waals surface area contributed by atoms with Crippen LogP contribution < -0.4 is 69.3 Å². The molecule has 0 fully saturated rings. The van der Waals surface area contributed by atoms with Crippen LogP contribution >= 0.6 is 0 Å². The Hall–Kier alpha value is -0.620. The summed E-state index contributed by atoms with van der Waals surface area (Å²) in [6.07, 6.45) is 0. The molecule has 0 aromatic heterocycles. The maximum Gasteiger partial charge on any atom is 1.00 e. The van der Waals surface area contributed by atoms with E-state index in [0.29, 0.717) is 11.1 Å². The Morgan fingerprint density at radius 2 is 0.850 bits per heavy atom. The normalized spacial score (nSPS) is 8.00. The van der Waals surface area contributed by atoms with E-state index in [1.807, 2.05) is 12.1 Å². The summed E-state index contributed by atoms with van der Waals surface area (Å²) >= 11 is 0. The first-order valence-electron chi connectivity index (χ1n) is 5.23. The third-order valence-electron chi connectivity index (χ3n) is 2.07. The molecule has 6 heteroatoms. The minimum absolute atomic E-state index is 0. The molecule has 2 rings (SSSR count). The Bertz CT molecular complexity index is 470. The van der Waals surface area contributed by atoms with E-state index in [1.165, 1.54) is 0 Å². The SMILES string of the molecule is N=C([O-])c1ccccc1.N=C([O-])c1ccccc1.[Na+].[Na+]. The van der Waals surface area contributed by atoms with Crippen molar-refractivity contribution in [2.45, 2.75) is 0 Å². The van der Waals surface area contributed by atoms with Crippen LogP contribution in [0, 0.1) is 10.8 Å². The molecule has 0 atom stereocenters. The molecule has 0 unspecified atom stereocenters. The van der Waals surface area contributed by atoms with Gasteiger partial charge in [-0.05, 0) is 22.9 Å². The second-order valence-electron chi connectivity index (χ2n) is 3.39. The average molecular weight is 286 g/mol. The van der Waals surface area contributed by atoms with E-state index in [2.05, 4.69) is 0 Å². The number of rotatable bonds is 2. The Labute approximate surface area is 162 Å². The van der Waals surface area contributed by atoms with Gasteiger partial charge in [-0.1, -0.05) is 60.7 Å². The van der Waals surface area contributed by atoms with Crippen LogP contribution in [0.3, 0.4) is 0 Å². The van der Waals surface area contributed by atoms with E-state index >= 15 is 0 Å². The number of nitrogens with one attached hydrogen (secondary N) is 2. The molecule has 4 nitrogen and oxygen atoms in total. The van der Waals surface area contributed by atoms with Gasteiger partial charge in [-0.3, -0.25) is 0 Å². The van der Waals surface area contributed by atoms with Gasteiger partial charge >= 0.3 is 59.1 Å². The van der Waals surface area contributed by atoms with Crippen molar-refractivity contribution in [2.75, 3.05) is 0 Å². The fraction of sp³-hybridized carbons (Fsp3) is 0. The molecule has 92 valence electrons. The maximum absolute atomic E-state index is 10.3. The molecule has 0 radical (unpaired) electrons. The second kappa shape index (κ2) is 12.1. The van der Waals surface area contributed by atoms with Crippen LogP contribution in [-0.2, 0) is 0 Å². The average Bonchev–Trinajstić information content (AvgIpc) is 2.41. The van der Waals surface area contributed by atoms with Crippen molar-refractivity contribution in [1.29, 1.82) is 10.8 Å². The van der Waals surface area contributed by atoms with Gasteiger partial charge in [-0.2, -0.15) is 0 Å². The standard InChI is InChI=1S/2C7H7NO.2Na/c2*8-7(9)6-4-2-1-3-5-6;;/h2*1-5H,(H2,8,9);;/q;;2*+1/p-2. The van der Waals surface area contributed by atoms with Crippen molar-refractivity contribution >= 4 is 11.8 Å². The Balaban J connectivity index is 0. The van der Waals surface area contributed by atoms with Gasteiger partial charge < -0.3 is 21.0 Å². The van der Waals surface area contributed by atoms with E-state index < -0.39 is 11.8 Å². The molecule has 2 aromatic carbocycles. The number of benzene rings is 2. The molecule has 0 aliphatic heterocycles. The van der Waals surface area contributed by atoms with Crippen molar-refractivity contribution < 1.29 is 69.3 Å². The van der Waals surface area contributed by atoms with Crippen LogP contribution in [0.1, 0.15) is 11.1 Å². The molecule has 0 aliphatic carbocycles. The fourth-order valence-corrected chi connectivity index (χ4v) is 1.18. The maximum atomic E-state index is 10.3. The minimum Gasteiger partial charge on any atom is -0.859 e. The van der Waals surface area contributed by atoms with Gasteiger partial charge in [0.2, 0.25) is 0 Å². The number of hydrogen-bond donors (Lipinski definition) is 2. The quantitative estimate of drug-likeness (QED) is 0.328. The van der Waals surface area contributed by atoms with Crippen LogP contribution in [-0.4, -0.2) is 11.8 Å². The molecular weight excluding hydrogens is 274 g/mol. The predicted molar refractivity (Wildman–Crippen MR) is 66.5 cm³/mol. The summed E-state index contributed by atoms with van der Waals surface area (Å²) in [6, 6.07) is 17.1. The summed E-state index contributed by atoms with van der Waals surface area (Å²) in [5, 5.41) is 34.0. The molecular formula is C14H12N2Na2O2. The monoisotopic (exact) mass is 286 g/mol. The van der Waals surface area contributed by atoms with Gasteiger partial charge in [0.05, 0.1) is 0 Å². The van der Waals surface area contributed by atoms with Crippen molar-refractivity contribution in [3.05, 3.63) is 71.8 Å². The Kier molecular flexibility index (Phi) is 13.2. The molecule has 0 amide bonds. The van der Waals surface area contributed by atoms with Crippen LogP contribution in [0.5, 0.6) is 0 Å². The summed E-state index contributed by atoms with van der Waals surface area (Å²) in [5.41, 5.74) is 0.884. The molecule has 0 saturated carbocycles. The van der Waals surface area contributed by atoms with Gasteiger partial charge in [0.15, 0.2) is 0 Å². The van der Waals surface area contributed by atoms with Crippen molar-refractivity contribution in [3.8, 4) is 0 Å². The van der Waals surface area contributed by atoms with Crippen LogP contribution in [0.15, 0.2) is 60.7 Å². The van der Waals surface area contributed by atoms with Crippen LogP contribution in [0.4, 0.5) is 0 Å². The molecule has 0 saturated heterocycles. The fourth-order valence-electron chi connectivity index (χ4n) is 1.18. The van der Waals surface area contributed by atoms with Gasteiger partial charge in [0.25, 0.3) is 0 Å². The summed E-state index contributed by atoms with van der Waals surface area (Å²) < 4.78 is 0. The largest absolute Gasteiger partial charge is 1.00 e. The second-order valence-corrected chi connectivity index (χ2v) is 3.39. The van der Waals surface area contributed by atoms with Gasteiger partial charge in [-0.15, -0.1) is 0 Å². The summed E-state index contributed by atoms with van der Waals surface area (Å²) in [6.45, 7) is 0. The first kappa shape index (κ1) is 21.7. The molecule has 20 heavy (non-hydrogen) atoms. The van der Waals surface area contributed by atoms with Crippen molar-refractivity contribution in [2.24, 2.45) is 0 Å². The predicted octanol–water partition coefficient (Wildman–Crippen LogP) is -5.25. The van der Waals surface area contributed by atoms with Gasteiger partial charge in [0, 0.05) is 0 Å². The Morgan fingerprint density at radius 1 is 0.600 bits per heavy atom. The van der Waals surface area contributed by atoms with Crippen LogP contribution in [0.2, 0.25) is 0 Å². The molecule has 2 N–H and O–H groups in total. The van der Waals surface area contributed by atoms with E-state index in [4.69, 9.17) is 10.8 Å². The molecule has 0 aliphatic rings. The zero-order valence-electron chi connectivity index (χ0n) is 11.6. The van der Waals surface area contributed by atoms with Gasteiger partial charge in [0.1, 0.15) is 0 Å². The summed E-state index contributed by atoms with van der Waals surface area (Å²) in [7, 11) is 0. The third kappa shape index (κ3) is 8.53. The molecule has 0 spiro atoms. The molecule has 0 bridgehead atoms. The molecule has 2 aromatic rings. The van der Waals surface area contributed by atoms with Gasteiger partial charge in [-0.25, -0.2) is 0 Å². The zero-order chi connectivity index (χ0) is 13.4. The number of hydrogen-bond acceptors (Lipinski definition) is 4. The van der Waals surface area contributed by atoms with E-state index in [1.54, 1.807) is 48.5 Å². The first-order chi connectivity index (χ1) is 8.61.